The van der Waals surface area contributed by atoms with E-state index in [4.69, 9.17) is 9.15 Å². The number of benzene rings is 2. The summed E-state index contributed by atoms with van der Waals surface area (Å²) in [4.78, 5) is 12.6. The average molecular weight is 364 g/mol. The molecular weight excluding hydrogens is 344 g/mol. The zero-order valence-electron chi connectivity index (χ0n) is 15.3. The maximum absolute atomic E-state index is 12.6. The van der Waals surface area contributed by atoms with Gasteiger partial charge in [0.15, 0.2) is 12.4 Å². The Hall–Kier alpha value is -3.22. The van der Waals surface area contributed by atoms with Gasteiger partial charge in [-0.25, -0.2) is 9.48 Å². The number of esters is 1. The zero-order valence-corrected chi connectivity index (χ0v) is 15.3. The first-order valence-electron chi connectivity index (χ1n) is 9.02. The summed E-state index contributed by atoms with van der Waals surface area (Å²) in [6.07, 6.45) is 1.99. The first kappa shape index (κ1) is 17.2. The lowest BCUT2D eigenvalue weighted by Crippen LogP contribution is -2.11. The maximum Gasteiger partial charge on any atom is 0.375 e. The molecule has 7 nitrogen and oxygen atoms in total. The Labute approximate surface area is 155 Å². The molecule has 0 spiro atoms. The van der Waals surface area contributed by atoms with Crippen LogP contribution in [0, 0.1) is 6.92 Å². The highest BCUT2D eigenvalue weighted by Gasteiger charge is 2.21. The van der Waals surface area contributed by atoms with Crippen molar-refractivity contribution in [2.24, 2.45) is 0 Å². The summed E-state index contributed by atoms with van der Waals surface area (Å²) in [7, 11) is 0. The lowest BCUT2D eigenvalue weighted by atomic mass is 10.1. The lowest BCUT2D eigenvalue weighted by Gasteiger charge is -2.04. The predicted molar refractivity (Wildman–Crippen MR) is 100 cm³/mol. The van der Waals surface area contributed by atoms with Crippen LogP contribution in [0.15, 0.2) is 40.8 Å². The standard InChI is InChI=1S/C20H20N4O3/c1-3-4-11-24-17(21-22-23-24)12-26-20(25)18-13(2)15-10-9-14-7-5-6-8-16(14)19(15)27-18/h5-10H,3-4,11-12H2,1-2H3. The van der Waals surface area contributed by atoms with E-state index in [1.165, 1.54) is 0 Å². The molecule has 0 fully saturated rings. The average Bonchev–Trinajstić information content (AvgIpc) is 3.28. The Bertz CT molecular complexity index is 1110. The summed E-state index contributed by atoms with van der Waals surface area (Å²) in [6.45, 7) is 4.67. The Morgan fingerprint density at radius 3 is 2.89 bits per heavy atom. The lowest BCUT2D eigenvalue weighted by molar-refractivity contribution is 0.0421. The minimum Gasteiger partial charge on any atom is -0.452 e. The fourth-order valence-electron chi connectivity index (χ4n) is 3.15. The molecular formula is C20H20N4O3. The van der Waals surface area contributed by atoms with Gasteiger partial charge in [0.25, 0.3) is 0 Å². The van der Waals surface area contributed by atoms with Crippen LogP contribution in [-0.2, 0) is 17.9 Å². The second-order valence-electron chi connectivity index (χ2n) is 6.47. The van der Waals surface area contributed by atoms with Crippen LogP contribution in [0.4, 0.5) is 0 Å². The number of rotatable bonds is 6. The molecule has 4 rings (SSSR count). The van der Waals surface area contributed by atoms with Crippen LogP contribution in [0.25, 0.3) is 21.7 Å². The summed E-state index contributed by atoms with van der Waals surface area (Å²) < 4.78 is 13.0. The van der Waals surface area contributed by atoms with Gasteiger partial charge in [-0.2, -0.15) is 0 Å². The number of carbonyl (C=O) groups excluding carboxylic acids is 1. The number of aryl methyl sites for hydroxylation is 2. The Balaban J connectivity index is 1.59. The molecule has 0 radical (unpaired) electrons. The quantitative estimate of drug-likeness (QED) is 0.480. The van der Waals surface area contributed by atoms with Gasteiger partial charge in [-0.3, -0.25) is 0 Å². The van der Waals surface area contributed by atoms with Crippen LogP contribution in [0.1, 0.15) is 41.7 Å². The molecule has 0 bridgehead atoms. The van der Waals surface area contributed by atoms with Gasteiger partial charge in [0.1, 0.15) is 5.58 Å². The van der Waals surface area contributed by atoms with Gasteiger partial charge in [0.05, 0.1) is 0 Å². The van der Waals surface area contributed by atoms with Crippen LogP contribution in [0.2, 0.25) is 0 Å². The highest BCUT2D eigenvalue weighted by Crippen LogP contribution is 2.32. The number of ether oxygens (including phenoxy) is 1. The predicted octanol–water partition coefficient (Wildman–Crippen LogP) is 4.04. The van der Waals surface area contributed by atoms with E-state index in [2.05, 4.69) is 22.4 Å². The molecule has 0 N–H and O–H groups in total. The number of hydrogen-bond acceptors (Lipinski definition) is 6. The molecule has 2 aromatic heterocycles. The largest absolute Gasteiger partial charge is 0.452 e. The summed E-state index contributed by atoms with van der Waals surface area (Å²) >= 11 is 0. The van der Waals surface area contributed by atoms with Crippen molar-refractivity contribution in [3.05, 3.63) is 53.5 Å². The van der Waals surface area contributed by atoms with Gasteiger partial charge >= 0.3 is 5.97 Å². The maximum atomic E-state index is 12.6. The number of aromatic nitrogens is 4. The molecule has 0 aliphatic rings. The molecule has 4 aromatic rings. The third-order valence-corrected chi connectivity index (χ3v) is 4.68. The molecule has 7 heteroatoms. The van der Waals surface area contributed by atoms with Crippen LogP contribution >= 0.6 is 0 Å². The molecule has 2 aromatic carbocycles. The summed E-state index contributed by atoms with van der Waals surface area (Å²) in [5.41, 5.74) is 1.47. The van der Waals surface area contributed by atoms with Crippen LogP contribution in [0.3, 0.4) is 0 Å². The highest BCUT2D eigenvalue weighted by molar-refractivity contribution is 6.08. The number of unbranched alkanes of at least 4 members (excludes halogenated alkanes) is 1. The third kappa shape index (κ3) is 3.16. The molecule has 27 heavy (non-hydrogen) atoms. The Morgan fingerprint density at radius 1 is 1.19 bits per heavy atom. The zero-order chi connectivity index (χ0) is 18.8. The Morgan fingerprint density at radius 2 is 2.04 bits per heavy atom. The van der Waals surface area contributed by atoms with Crippen molar-refractivity contribution >= 4 is 27.7 Å². The molecule has 138 valence electrons. The number of carbonyl (C=O) groups is 1. The van der Waals surface area contributed by atoms with Gasteiger partial charge in [-0.15, -0.1) is 5.10 Å². The molecule has 0 unspecified atom stereocenters. The number of tetrazole rings is 1. The van der Waals surface area contributed by atoms with E-state index in [0.29, 0.717) is 18.0 Å². The topological polar surface area (TPSA) is 83.0 Å². The van der Waals surface area contributed by atoms with Gasteiger partial charge in [0, 0.05) is 22.9 Å². The molecule has 2 heterocycles. The normalized spacial score (nSPS) is 11.3. The molecule has 0 aliphatic carbocycles. The molecule has 0 saturated heterocycles. The van der Waals surface area contributed by atoms with Crippen molar-refractivity contribution in [1.29, 1.82) is 0 Å². The van der Waals surface area contributed by atoms with E-state index in [1.54, 1.807) is 4.68 Å². The van der Waals surface area contributed by atoms with E-state index in [-0.39, 0.29) is 12.4 Å². The van der Waals surface area contributed by atoms with E-state index in [1.807, 2.05) is 43.3 Å². The van der Waals surface area contributed by atoms with Gasteiger partial charge < -0.3 is 9.15 Å². The summed E-state index contributed by atoms with van der Waals surface area (Å²) in [6, 6.07) is 11.9. The SMILES string of the molecule is CCCCn1nnnc1COC(=O)c1oc2c(ccc3ccccc32)c1C. The van der Waals surface area contributed by atoms with E-state index in [0.717, 1.165) is 34.6 Å². The van der Waals surface area contributed by atoms with E-state index in [9.17, 15) is 4.79 Å². The van der Waals surface area contributed by atoms with Crippen molar-refractivity contribution in [2.45, 2.75) is 39.8 Å². The summed E-state index contributed by atoms with van der Waals surface area (Å²) in [5, 5.41) is 14.5. The smallest absolute Gasteiger partial charge is 0.375 e. The van der Waals surface area contributed by atoms with Crippen molar-refractivity contribution in [3.63, 3.8) is 0 Å². The minimum atomic E-state index is -0.516. The highest BCUT2D eigenvalue weighted by atomic mass is 16.5. The van der Waals surface area contributed by atoms with E-state index < -0.39 is 5.97 Å². The molecule has 0 aliphatic heterocycles. The first-order valence-corrected chi connectivity index (χ1v) is 9.02. The fraction of sp³-hybridized carbons (Fsp3) is 0.300. The first-order chi connectivity index (χ1) is 13.2. The van der Waals surface area contributed by atoms with Crippen molar-refractivity contribution in [1.82, 2.24) is 20.2 Å². The summed E-state index contributed by atoms with van der Waals surface area (Å²) in [5.74, 6) is 0.225. The van der Waals surface area contributed by atoms with Crippen molar-refractivity contribution in [2.75, 3.05) is 0 Å². The number of furan rings is 1. The van der Waals surface area contributed by atoms with Crippen LogP contribution < -0.4 is 0 Å². The van der Waals surface area contributed by atoms with Crippen LogP contribution in [-0.4, -0.2) is 26.2 Å². The number of nitrogens with zero attached hydrogens (tertiary/aromatic N) is 4. The van der Waals surface area contributed by atoms with Crippen molar-refractivity contribution in [3.8, 4) is 0 Å². The minimum absolute atomic E-state index is 0.00673. The fourth-order valence-corrected chi connectivity index (χ4v) is 3.15. The van der Waals surface area contributed by atoms with Gasteiger partial charge in [-0.05, 0) is 29.2 Å². The van der Waals surface area contributed by atoms with Crippen molar-refractivity contribution < 1.29 is 13.9 Å². The van der Waals surface area contributed by atoms with Gasteiger partial charge in [0.2, 0.25) is 5.76 Å². The van der Waals surface area contributed by atoms with E-state index >= 15 is 0 Å². The third-order valence-electron chi connectivity index (χ3n) is 4.68. The second-order valence-corrected chi connectivity index (χ2v) is 6.47. The Kier molecular flexibility index (Phi) is 4.58. The second kappa shape index (κ2) is 7.19. The molecule has 0 amide bonds. The number of fused-ring (bicyclic) bond motifs is 3. The number of hydrogen-bond donors (Lipinski definition) is 0. The molecule has 0 atom stereocenters. The monoisotopic (exact) mass is 364 g/mol. The van der Waals surface area contributed by atoms with Crippen LogP contribution in [0.5, 0.6) is 0 Å². The molecule has 0 saturated carbocycles. The van der Waals surface area contributed by atoms with Gasteiger partial charge in [-0.1, -0.05) is 49.7 Å².